The molecule has 1 N–H and O–H groups in total. The summed E-state index contributed by atoms with van der Waals surface area (Å²) in [6.45, 7) is 0.478. The number of ether oxygens (including phenoxy) is 2. The van der Waals surface area contributed by atoms with Crippen molar-refractivity contribution in [3.63, 3.8) is 0 Å². The summed E-state index contributed by atoms with van der Waals surface area (Å²) in [5.41, 5.74) is 0.558. The molecule has 0 bridgehead atoms. The molecule has 0 saturated carbocycles. The van der Waals surface area contributed by atoms with Crippen LogP contribution in [0.5, 0.6) is 0 Å². The first-order chi connectivity index (χ1) is 9.60. The third kappa shape index (κ3) is 3.45. The minimum atomic E-state index is -0.511. The molecule has 1 aliphatic rings. The molecule has 1 aromatic carbocycles. The van der Waals surface area contributed by atoms with E-state index in [1.54, 1.807) is 0 Å². The minimum Gasteiger partial charge on any atom is -0.442 e. The van der Waals surface area contributed by atoms with Gasteiger partial charge in [0.2, 0.25) is 5.91 Å². The Morgan fingerprint density at radius 1 is 1.50 bits per heavy atom. The van der Waals surface area contributed by atoms with Crippen LogP contribution >= 0.6 is 0 Å². The number of halogens is 1. The van der Waals surface area contributed by atoms with Gasteiger partial charge in [-0.15, -0.1) is 0 Å². The number of cyclic esters (lactones) is 1. The van der Waals surface area contributed by atoms with Gasteiger partial charge in [0.1, 0.15) is 18.5 Å². The van der Waals surface area contributed by atoms with Crippen molar-refractivity contribution >= 4 is 17.7 Å². The van der Waals surface area contributed by atoms with Gasteiger partial charge in [0.05, 0.1) is 13.1 Å². The van der Waals surface area contributed by atoms with Crippen molar-refractivity contribution in [1.82, 2.24) is 5.32 Å². The number of rotatable bonds is 5. The van der Waals surface area contributed by atoms with E-state index in [2.05, 4.69) is 10.1 Å². The molecule has 0 unspecified atom stereocenters. The molecule has 108 valence electrons. The molecule has 2 rings (SSSR count). The van der Waals surface area contributed by atoms with Gasteiger partial charge in [-0.3, -0.25) is 9.69 Å². The Hall–Kier alpha value is -2.15. The number of anilines is 1. The van der Waals surface area contributed by atoms with Crippen LogP contribution in [-0.2, 0) is 14.3 Å². The summed E-state index contributed by atoms with van der Waals surface area (Å²) in [5, 5.41) is 2.60. The number of benzene rings is 1. The van der Waals surface area contributed by atoms with Crippen molar-refractivity contribution < 1.29 is 23.5 Å². The van der Waals surface area contributed by atoms with Crippen molar-refractivity contribution in [3.8, 4) is 0 Å². The number of amides is 2. The zero-order valence-electron chi connectivity index (χ0n) is 11.0. The molecule has 1 fully saturated rings. The number of carbonyl (C=O) groups excluding carboxylic acids is 2. The van der Waals surface area contributed by atoms with Crippen LogP contribution in [0.2, 0.25) is 0 Å². The SMILES string of the molecule is COCC(=O)NC[C@@H]1CN(c2ccc(F)cc2)C(=O)O1. The Morgan fingerprint density at radius 3 is 2.85 bits per heavy atom. The second-order valence-electron chi connectivity index (χ2n) is 4.33. The summed E-state index contributed by atoms with van der Waals surface area (Å²) in [6.07, 6.45) is -0.948. The van der Waals surface area contributed by atoms with Gasteiger partial charge in [-0.1, -0.05) is 0 Å². The normalized spacial score (nSPS) is 18.0. The van der Waals surface area contributed by atoms with Crippen LogP contribution in [0.15, 0.2) is 24.3 Å². The fourth-order valence-corrected chi connectivity index (χ4v) is 1.87. The minimum absolute atomic E-state index is 0.0393. The highest BCUT2D eigenvalue weighted by Crippen LogP contribution is 2.21. The predicted molar refractivity (Wildman–Crippen MR) is 68.9 cm³/mol. The van der Waals surface area contributed by atoms with Gasteiger partial charge in [-0.25, -0.2) is 9.18 Å². The fourth-order valence-electron chi connectivity index (χ4n) is 1.87. The summed E-state index contributed by atoms with van der Waals surface area (Å²) in [5.74, 6) is -0.645. The van der Waals surface area contributed by atoms with Gasteiger partial charge in [0, 0.05) is 12.8 Å². The van der Waals surface area contributed by atoms with Crippen LogP contribution in [0.4, 0.5) is 14.9 Å². The Bertz CT molecular complexity index is 492. The Morgan fingerprint density at radius 2 is 2.20 bits per heavy atom. The molecule has 7 heteroatoms. The summed E-state index contributed by atoms with van der Waals surface area (Å²) in [6, 6.07) is 5.55. The Labute approximate surface area is 115 Å². The van der Waals surface area contributed by atoms with Gasteiger partial charge in [-0.2, -0.15) is 0 Å². The summed E-state index contributed by atoms with van der Waals surface area (Å²) >= 11 is 0. The number of hydrogen-bond acceptors (Lipinski definition) is 4. The maximum absolute atomic E-state index is 12.8. The molecular formula is C13H15FN2O4. The van der Waals surface area contributed by atoms with Crippen LogP contribution in [-0.4, -0.2) is 44.9 Å². The van der Waals surface area contributed by atoms with Gasteiger partial charge in [0.25, 0.3) is 0 Å². The van der Waals surface area contributed by atoms with Gasteiger partial charge >= 0.3 is 6.09 Å². The van der Waals surface area contributed by atoms with E-state index in [9.17, 15) is 14.0 Å². The molecule has 0 spiro atoms. The van der Waals surface area contributed by atoms with E-state index in [-0.39, 0.29) is 24.9 Å². The number of carbonyl (C=O) groups is 2. The third-order valence-corrected chi connectivity index (χ3v) is 2.81. The third-order valence-electron chi connectivity index (χ3n) is 2.81. The Balaban J connectivity index is 1.90. The summed E-state index contributed by atoms with van der Waals surface area (Å²) in [7, 11) is 1.42. The zero-order chi connectivity index (χ0) is 14.5. The van der Waals surface area contributed by atoms with E-state index < -0.39 is 12.2 Å². The van der Waals surface area contributed by atoms with Crippen LogP contribution < -0.4 is 10.2 Å². The molecule has 0 aromatic heterocycles. The molecule has 1 aromatic rings. The molecule has 0 radical (unpaired) electrons. The number of nitrogens with one attached hydrogen (secondary N) is 1. The lowest BCUT2D eigenvalue weighted by Crippen LogP contribution is -2.36. The topological polar surface area (TPSA) is 67.9 Å². The largest absolute Gasteiger partial charge is 0.442 e. The maximum atomic E-state index is 12.8. The average Bonchev–Trinajstić information content (AvgIpc) is 2.79. The first-order valence-corrected chi connectivity index (χ1v) is 6.09. The van der Waals surface area contributed by atoms with Crippen LogP contribution in [0.25, 0.3) is 0 Å². The lowest BCUT2D eigenvalue weighted by molar-refractivity contribution is -0.125. The average molecular weight is 282 g/mol. The predicted octanol–water partition coefficient (Wildman–Crippen LogP) is 0.913. The van der Waals surface area contributed by atoms with Crippen molar-refractivity contribution in [2.75, 3.05) is 31.7 Å². The highest BCUT2D eigenvalue weighted by atomic mass is 19.1. The van der Waals surface area contributed by atoms with Crippen LogP contribution in [0.3, 0.4) is 0 Å². The number of methoxy groups -OCH3 is 1. The highest BCUT2D eigenvalue weighted by Gasteiger charge is 2.32. The van der Waals surface area contributed by atoms with Crippen molar-refractivity contribution in [2.45, 2.75) is 6.10 Å². The van der Waals surface area contributed by atoms with Crippen molar-refractivity contribution in [3.05, 3.63) is 30.1 Å². The summed E-state index contributed by atoms with van der Waals surface area (Å²) < 4.78 is 22.6. The van der Waals surface area contributed by atoms with E-state index in [0.29, 0.717) is 12.2 Å². The molecule has 1 atom stereocenters. The van der Waals surface area contributed by atoms with Gasteiger partial charge in [0.15, 0.2) is 0 Å². The molecule has 20 heavy (non-hydrogen) atoms. The molecule has 0 aliphatic carbocycles. The van der Waals surface area contributed by atoms with E-state index in [4.69, 9.17) is 4.74 Å². The van der Waals surface area contributed by atoms with E-state index in [0.717, 1.165) is 0 Å². The zero-order valence-corrected chi connectivity index (χ0v) is 11.0. The number of nitrogens with zero attached hydrogens (tertiary/aromatic N) is 1. The first kappa shape index (κ1) is 14.3. The molecule has 1 aliphatic heterocycles. The standard InChI is InChI=1S/C13H15FN2O4/c1-19-8-12(17)15-6-11-7-16(13(18)20-11)10-4-2-9(14)3-5-10/h2-5,11H,6-8H2,1H3,(H,15,17)/t11-/m1/s1. The lowest BCUT2D eigenvalue weighted by atomic mass is 10.2. The molecule has 1 heterocycles. The molecule has 2 amide bonds. The Kier molecular flexibility index (Phi) is 4.52. The van der Waals surface area contributed by atoms with E-state index in [1.165, 1.54) is 36.3 Å². The summed E-state index contributed by atoms with van der Waals surface area (Å²) in [4.78, 5) is 24.3. The fraction of sp³-hybridized carbons (Fsp3) is 0.385. The quantitative estimate of drug-likeness (QED) is 0.871. The highest BCUT2D eigenvalue weighted by molar-refractivity contribution is 5.89. The molecular weight excluding hydrogens is 267 g/mol. The smallest absolute Gasteiger partial charge is 0.414 e. The van der Waals surface area contributed by atoms with Crippen LogP contribution in [0.1, 0.15) is 0 Å². The molecule has 1 saturated heterocycles. The van der Waals surface area contributed by atoms with E-state index >= 15 is 0 Å². The number of hydrogen-bond donors (Lipinski definition) is 1. The first-order valence-electron chi connectivity index (χ1n) is 6.09. The maximum Gasteiger partial charge on any atom is 0.414 e. The second kappa shape index (κ2) is 6.33. The molecule has 6 nitrogen and oxygen atoms in total. The van der Waals surface area contributed by atoms with Gasteiger partial charge < -0.3 is 14.8 Å². The van der Waals surface area contributed by atoms with Crippen LogP contribution in [0, 0.1) is 5.82 Å². The van der Waals surface area contributed by atoms with E-state index in [1.807, 2.05) is 0 Å². The van der Waals surface area contributed by atoms with Crippen molar-refractivity contribution in [1.29, 1.82) is 0 Å². The monoisotopic (exact) mass is 282 g/mol. The van der Waals surface area contributed by atoms with Crippen molar-refractivity contribution in [2.24, 2.45) is 0 Å². The lowest BCUT2D eigenvalue weighted by Gasteiger charge is -2.12. The second-order valence-corrected chi connectivity index (χ2v) is 4.33. The van der Waals surface area contributed by atoms with Gasteiger partial charge in [-0.05, 0) is 24.3 Å².